The maximum absolute atomic E-state index is 11.5. The molecular weight excluding hydrogens is 318 g/mol. The Labute approximate surface area is 138 Å². The van der Waals surface area contributed by atoms with E-state index in [2.05, 4.69) is 15.5 Å². The molecule has 24 heavy (non-hydrogen) atoms. The van der Waals surface area contributed by atoms with Gasteiger partial charge < -0.3 is 15.5 Å². The van der Waals surface area contributed by atoms with Crippen LogP contribution in [0.4, 0.5) is 0 Å². The van der Waals surface area contributed by atoms with Gasteiger partial charge in [-0.3, -0.25) is 14.4 Å². The van der Waals surface area contributed by atoms with E-state index in [4.69, 9.17) is 15.5 Å². The summed E-state index contributed by atoms with van der Waals surface area (Å²) in [4.78, 5) is 32.4. The topological polar surface area (TPSA) is 176 Å². The second kappa shape index (κ2) is 9.20. The first kappa shape index (κ1) is 21.0. The van der Waals surface area contributed by atoms with Gasteiger partial charge in [0.25, 0.3) is 0 Å². The highest BCUT2D eigenvalue weighted by molar-refractivity contribution is 5.81. The molecule has 130 valence electrons. The molecule has 0 aromatic carbocycles. The van der Waals surface area contributed by atoms with Crippen LogP contribution in [0.25, 0.3) is 0 Å². The molecule has 0 bridgehead atoms. The van der Waals surface area contributed by atoms with Gasteiger partial charge in [-0.15, -0.1) is 0 Å². The molecule has 1 amide bonds. The van der Waals surface area contributed by atoms with Crippen molar-refractivity contribution in [1.29, 1.82) is 10.5 Å². The Morgan fingerprint density at radius 2 is 1.42 bits per heavy atom. The zero-order chi connectivity index (χ0) is 18.8. The number of rotatable bonds is 10. The van der Waals surface area contributed by atoms with Crippen molar-refractivity contribution >= 4 is 17.8 Å². The molecule has 0 saturated heterocycles. The summed E-state index contributed by atoms with van der Waals surface area (Å²) in [5.41, 5.74) is -2.77. The number of aliphatic carboxylic acids is 2. The quantitative estimate of drug-likeness (QED) is 0.494. The third kappa shape index (κ3) is 8.44. The lowest BCUT2D eigenvalue weighted by atomic mass is 9.97. The van der Waals surface area contributed by atoms with Crippen molar-refractivity contribution in [3.63, 3.8) is 0 Å². The maximum Gasteiger partial charge on any atom is 0.322 e. The molecule has 0 aliphatic rings. The van der Waals surface area contributed by atoms with Crippen LogP contribution in [-0.2, 0) is 14.4 Å². The Morgan fingerprint density at radius 1 is 0.958 bits per heavy atom. The molecule has 2 atom stereocenters. The minimum absolute atomic E-state index is 0.0289. The van der Waals surface area contributed by atoms with E-state index in [0.717, 1.165) is 0 Å². The molecule has 0 aliphatic heterocycles. The lowest BCUT2D eigenvalue weighted by molar-refractivity contribution is -0.138. The minimum Gasteiger partial charge on any atom is -0.481 e. The van der Waals surface area contributed by atoms with Crippen LogP contribution in [0.2, 0.25) is 0 Å². The van der Waals surface area contributed by atoms with Crippen molar-refractivity contribution in [3.05, 3.63) is 0 Å². The van der Waals surface area contributed by atoms with Gasteiger partial charge in [0, 0.05) is 12.8 Å². The van der Waals surface area contributed by atoms with Crippen LogP contribution in [0.5, 0.6) is 0 Å². The smallest absolute Gasteiger partial charge is 0.322 e. The molecule has 0 aromatic rings. The van der Waals surface area contributed by atoms with E-state index < -0.39 is 35.5 Å². The zero-order valence-electron chi connectivity index (χ0n) is 13.4. The number of carbonyl (C=O) groups is 3. The van der Waals surface area contributed by atoms with Crippen molar-refractivity contribution in [2.45, 2.75) is 50.6 Å². The summed E-state index contributed by atoms with van der Waals surface area (Å²) in [6.45, 7) is 2.29. The van der Waals surface area contributed by atoms with E-state index >= 15 is 0 Å². The third-order valence-corrected chi connectivity index (χ3v) is 3.07. The van der Waals surface area contributed by atoms with Crippen molar-refractivity contribution in [3.8, 4) is 12.1 Å². The first-order chi connectivity index (χ1) is 11.1. The van der Waals surface area contributed by atoms with E-state index in [1.54, 1.807) is 0 Å². The van der Waals surface area contributed by atoms with Gasteiger partial charge >= 0.3 is 11.9 Å². The van der Waals surface area contributed by atoms with E-state index in [1.165, 1.54) is 13.8 Å². The van der Waals surface area contributed by atoms with Crippen molar-refractivity contribution in [1.82, 2.24) is 5.32 Å². The summed E-state index contributed by atoms with van der Waals surface area (Å²) >= 11 is 0. The predicted molar refractivity (Wildman–Crippen MR) is 79.6 cm³/mol. The Balaban J connectivity index is 4.83. The molecule has 0 aliphatic carbocycles. The van der Waals surface area contributed by atoms with Gasteiger partial charge in [0.2, 0.25) is 5.91 Å². The van der Waals surface area contributed by atoms with E-state index in [0.29, 0.717) is 0 Å². The second-order valence-corrected chi connectivity index (χ2v) is 5.54. The summed E-state index contributed by atoms with van der Waals surface area (Å²) in [7, 11) is 0. The Bertz CT molecular complexity index is 606. The van der Waals surface area contributed by atoms with Crippen LogP contribution < -0.4 is 5.32 Å². The summed E-state index contributed by atoms with van der Waals surface area (Å²) in [5, 5.41) is 45.2. The Kier molecular flexibility index (Phi) is 8.05. The van der Waals surface area contributed by atoms with Crippen LogP contribution in [0.3, 0.4) is 0 Å². The number of carbonyl (C=O) groups excluding carboxylic acids is 1. The number of nitrogens with one attached hydrogen (secondary N) is 1. The Morgan fingerprint density at radius 3 is 1.79 bits per heavy atom. The van der Waals surface area contributed by atoms with Gasteiger partial charge in [0.15, 0.2) is 11.1 Å². The van der Waals surface area contributed by atoms with Crippen LogP contribution in [0.1, 0.15) is 39.5 Å². The highest BCUT2D eigenvalue weighted by Crippen LogP contribution is 2.23. The lowest BCUT2D eigenvalue weighted by Gasteiger charge is -2.19. The number of carboxylic acid groups (broad SMARTS) is 2. The number of nitrogens with zero attached hydrogens (tertiary/aromatic N) is 4. The van der Waals surface area contributed by atoms with Gasteiger partial charge in [-0.2, -0.15) is 20.8 Å². The highest BCUT2D eigenvalue weighted by Gasteiger charge is 2.29. The molecule has 10 heteroatoms. The summed E-state index contributed by atoms with van der Waals surface area (Å²) < 4.78 is 0. The van der Waals surface area contributed by atoms with E-state index in [1.807, 2.05) is 12.1 Å². The molecule has 0 aromatic heterocycles. The van der Waals surface area contributed by atoms with Gasteiger partial charge in [-0.1, -0.05) is 0 Å². The van der Waals surface area contributed by atoms with Crippen molar-refractivity contribution in [2.24, 2.45) is 10.2 Å². The monoisotopic (exact) mass is 337 g/mol. The molecular formula is C14H19N5O5. The molecule has 0 rings (SSSR count). The molecule has 2 unspecified atom stereocenters. The molecule has 0 saturated carbocycles. The third-order valence-electron chi connectivity index (χ3n) is 3.07. The van der Waals surface area contributed by atoms with Crippen LogP contribution in [0, 0.1) is 22.7 Å². The standard InChI is InChI=1S/C14H19N5O5/c1-13(8-15,5-3-10(20)17-7-12(23)24)18-19-14(2,9-16)6-4-11(21)22/h3-7H2,1-2H3,(H,17,20)(H,21,22)(H,23,24)/b19-18-. The molecule has 0 heterocycles. The van der Waals surface area contributed by atoms with Crippen molar-refractivity contribution in [2.75, 3.05) is 6.54 Å². The summed E-state index contributed by atoms with van der Waals surface area (Å²) in [6.07, 6.45) is -0.513. The average Bonchev–Trinajstić information content (AvgIpc) is 2.54. The number of amides is 1. The molecule has 0 fully saturated rings. The van der Waals surface area contributed by atoms with Gasteiger partial charge in [-0.05, 0) is 26.7 Å². The predicted octanol–water partition coefficient (Wildman–Crippen LogP) is 0.849. The van der Waals surface area contributed by atoms with Crippen LogP contribution in [0.15, 0.2) is 10.2 Å². The fraction of sp³-hybridized carbons (Fsp3) is 0.643. The van der Waals surface area contributed by atoms with Gasteiger partial charge in [0.1, 0.15) is 6.54 Å². The van der Waals surface area contributed by atoms with Crippen molar-refractivity contribution < 1.29 is 24.6 Å². The normalized spacial score (nSPS) is 15.5. The molecule has 3 N–H and O–H groups in total. The number of hydrogen-bond donors (Lipinski definition) is 3. The number of carboxylic acids is 2. The second-order valence-electron chi connectivity index (χ2n) is 5.54. The molecule has 0 spiro atoms. The summed E-state index contributed by atoms with van der Waals surface area (Å²) in [5.74, 6) is -2.82. The lowest BCUT2D eigenvalue weighted by Crippen LogP contribution is -2.31. The largest absolute Gasteiger partial charge is 0.481 e. The number of nitriles is 2. The van der Waals surface area contributed by atoms with Gasteiger partial charge in [-0.25, -0.2) is 0 Å². The first-order valence-electron chi connectivity index (χ1n) is 7.03. The van der Waals surface area contributed by atoms with E-state index in [-0.39, 0.29) is 25.7 Å². The maximum atomic E-state index is 11.5. The molecule has 10 nitrogen and oxygen atoms in total. The SMILES string of the molecule is CC(C#N)(CCC(=O)O)/N=N\C(C)(C#N)CCC(=O)NCC(=O)O. The van der Waals surface area contributed by atoms with E-state index in [9.17, 15) is 19.6 Å². The zero-order valence-corrected chi connectivity index (χ0v) is 13.4. The summed E-state index contributed by atoms with van der Waals surface area (Å²) in [6, 6.07) is 3.73. The average molecular weight is 337 g/mol. The fourth-order valence-corrected chi connectivity index (χ4v) is 1.45. The minimum atomic E-state index is -1.39. The van der Waals surface area contributed by atoms with Gasteiger partial charge in [0.05, 0.1) is 12.1 Å². The Hall–Kier alpha value is -3.01. The fourth-order valence-electron chi connectivity index (χ4n) is 1.45. The van der Waals surface area contributed by atoms with Crippen LogP contribution in [-0.4, -0.2) is 45.7 Å². The number of azo groups is 1. The van der Waals surface area contributed by atoms with Crippen LogP contribution >= 0.6 is 0 Å². The highest BCUT2D eigenvalue weighted by atomic mass is 16.4. The molecule has 0 radical (unpaired) electrons. The number of hydrogen-bond acceptors (Lipinski definition) is 7. The first-order valence-corrected chi connectivity index (χ1v) is 7.03.